The van der Waals surface area contributed by atoms with Gasteiger partial charge in [0.15, 0.2) is 16.9 Å². The third-order valence-electron chi connectivity index (χ3n) is 7.58. The fourth-order valence-electron chi connectivity index (χ4n) is 5.22. The number of aliphatic hydroxyl groups is 6. The third-order valence-corrected chi connectivity index (χ3v) is 7.58. The number of fused-ring (bicyclic) bond motifs is 1. The summed E-state index contributed by atoms with van der Waals surface area (Å²) in [5.74, 6) is -0.858. The molecule has 2 aromatic carbocycles. The summed E-state index contributed by atoms with van der Waals surface area (Å²) in [6.45, 7) is 0.783. The van der Waals surface area contributed by atoms with Gasteiger partial charge in [-0.25, -0.2) is 0 Å². The fourth-order valence-corrected chi connectivity index (χ4v) is 5.22. The van der Waals surface area contributed by atoms with Gasteiger partial charge in [-0.15, -0.1) is 0 Å². The van der Waals surface area contributed by atoms with Crippen molar-refractivity contribution in [1.82, 2.24) is 0 Å². The van der Waals surface area contributed by atoms with Crippen molar-refractivity contribution < 1.29 is 64.2 Å². The topological polar surface area (TPSA) is 229 Å². The first kappa shape index (κ1) is 30.0. The number of phenolic OH excluding ortho intramolecular Hbond substituents is 2. The molecule has 0 radical (unpaired) electrons. The molecule has 228 valence electrons. The van der Waals surface area contributed by atoms with E-state index in [1.54, 1.807) is 0 Å². The number of benzene rings is 2. The van der Waals surface area contributed by atoms with Crippen LogP contribution in [0.15, 0.2) is 39.5 Å². The molecule has 1 aromatic heterocycles. The summed E-state index contributed by atoms with van der Waals surface area (Å²) in [7, 11) is 1.35. The zero-order chi connectivity index (χ0) is 30.5. The summed E-state index contributed by atoms with van der Waals surface area (Å²) in [4.78, 5) is 13.3. The van der Waals surface area contributed by atoms with Gasteiger partial charge in [-0.1, -0.05) is 0 Å². The number of aliphatic hydroxyl groups excluding tert-OH is 6. The minimum Gasteiger partial charge on any atom is -0.506 e. The van der Waals surface area contributed by atoms with Crippen LogP contribution in [-0.2, 0) is 9.47 Å². The predicted octanol–water partition coefficient (Wildman–Crippen LogP) is -0.370. The van der Waals surface area contributed by atoms with Gasteiger partial charge in [0.25, 0.3) is 0 Å². The van der Waals surface area contributed by atoms with Crippen LogP contribution < -0.4 is 14.9 Å². The van der Waals surface area contributed by atoms with Gasteiger partial charge < -0.3 is 64.2 Å². The molecular weight excluding hydrogens is 560 g/mol. The van der Waals surface area contributed by atoms with Crippen LogP contribution in [0.2, 0.25) is 0 Å². The second-order valence-corrected chi connectivity index (χ2v) is 10.3. The van der Waals surface area contributed by atoms with Gasteiger partial charge in [-0.2, -0.15) is 0 Å². The van der Waals surface area contributed by atoms with Crippen molar-refractivity contribution in [1.29, 1.82) is 0 Å². The van der Waals surface area contributed by atoms with E-state index in [9.17, 15) is 45.6 Å². The first-order valence-corrected chi connectivity index (χ1v) is 13.1. The van der Waals surface area contributed by atoms with E-state index in [2.05, 4.69) is 0 Å². The number of methoxy groups -OCH3 is 1. The van der Waals surface area contributed by atoms with Crippen molar-refractivity contribution >= 4 is 11.0 Å². The first-order chi connectivity index (χ1) is 19.9. The second kappa shape index (κ2) is 11.7. The van der Waals surface area contributed by atoms with Gasteiger partial charge in [0.2, 0.25) is 6.29 Å². The molecule has 0 spiro atoms. The van der Waals surface area contributed by atoms with Gasteiger partial charge in [0.1, 0.15) is 58.7 Å². The minimum absolute atomic E-state index is 0.0397. The quantitative estimate of drug-likeness (QED) is 0.183. The molecule has 5 rings (SSSR count). The maximum Gasteiger partial charge on any atom is 0.229 e. The monoisotopic (exact) mass is 592 g/mol. The maximum absolute atomic E-state index is 13.3. The Hall–Kier alpha value is -3.47. The molecular formula is C28H32O14. The van der Waals surface area contributed by atoms with Crippen molar-refractivity contribution in [3.05, 3.63) is 46.1 Å². The molecule has 0 amide bonds. The molecule has 3 heterocycles. The largest absolute Gasteiger partial charge is 0.506 e. The van der Waals surface area contributed by atoms with E-state index in [1.165, 1.54) is 38.3 Å². The van der Waals surface area contributed by atoms with Gasteiger partial charge in [-0.05, 0) is 25.1 Å². The highest BCUT2D eigenvalue weighted by Crippen LogP contribution is 2.46. The van der Waals surface area contributed by atoms with Crippen molar-refractivity contribution in [3.8, 4) is 34.3 Å². The smallest absolute Gasteiger partial charge is 0.229 e. The van der Waals surface area contributed by atoms with E-state index in [4.69, 9.17) is 23.4 Å². The number of aromatic hydroxyl groups is 2. The third kappa shape index (κ3) is 5.27. The highest BCUT2D eigenvalue weighted by atomic mass is 16.7. The molecule has 9 atom stereocenters. The van der Waals surface area contributed by atoms with Crippen molar-refractivity contribution in [2.75, 3.05) is 13.7 Å². The average Bonchev–Trinajstić information content (AvgIpc) is 2.95. The van der Waals surface area contributed by atoms with Crippen LogP contribution in [0.25, 0.3) is 22.3 Å². The van der Waals surface area contributed by atoms with Crippen molar-refractivity contribution in [3.63, 3.8) is 0 Å². The summed E-state index contributed by atoms with van der Waals surface area (Å²) < 4.78 is 28.3. The van der Waals surface area contributed by atoms with Gasteiger partial charge >= 0.3 is 0 Å². The lowest BCUT2D eigenvalue weighted by atomic mass is 9.92. The number of phenols is 2. The molecule has 2 aliphatic heterocycles. The zero-order valence-corrected chi connectivity index (χ0v) is 22.5. The van der Waals surface area contributed by atoms with E-state index >= 15 is 0 Å². The summed E-state index contributed by atoms with van der Waals surface area (Å²) in [6.07, 6.45) is -12.9. The Morgan fingerprint density at radius 1 is 0.929 bits per heavy atom. The molecule has 0 bridgehead atoms. The number of hydrogen-bond acceptors (Lipinski definition) is 14. The summed E-state index contributed by atoms with van der Waals surface area (Å²) >= 11 is 0. The molecule has 8 N–H and O–H groups in total. The Kier molecular flexibility index (Phi) is 8.33. The van der Waals surface area contributed by atoms with Gasteiger partial charge in [-0.3, -0.25) is 4.79 Å². The minimum atomic E-state index is -1.81. The molecule has 9 unspecified atom stereocenters. The zero-order valence-electron chi connectivity index (χ0n) is 22.5. The molecule has 14 heteroatoms. The Labute approximate surface area is 238 Å². The molecule has 0 saturated carbocycles. The van der Waals surface area contributed by atoms with E-state index in [1.807, 2.05) is 0 Å². The molecule has 0 aliphatic carbocycles. The summed E-state index contributed by atoms with van der Waals surface area (Å²) in [5, 5.41) is 82.3. The van der Waals surface area contributed by atoms with Crippen molar-refractivity contribution in [2.24, 2.45) is 0 Å². The van der Waals surface area contributed by atoms with Crippen LogP contribution >= 0.6 is 0 Å². The van der Waals surface area contributed by atoms with Crippen LogP contribution in [-0.4, -0.2) is 104 Å². The first-order valence-electron chi connectivity index (χ1n) is 13.1. The normalized spacial score (nSPS) is 31.7. The van der Waals surface area contributed by atoms with Crippen LogP contribution in [0.1, 0.15) is 25.0 Å². The number of hydrogen-bond donors (Lipinski definition) is 8. The predicted molar refractivity (Wildman–Crippen MR) is 142 cm³/mol. The van der Waals surface area contributed by atoms with E-state index < -0.39 is 72.9 Å². The van der Waals surface area contributed by atoms with E-state index in [0.29, 0.717) is 5.56 Å². The second-order valence-electron chi connectivity index (χ2n) is 10.3. The fraction of sp³-hybridized carbons (Fsp3) is 0.464. The SMILES string of the molecule is COc1cc(-c2cc(=O)c3c(O)c(C4CC(O)C(O)C(C)O4)c(OC4OC(CO)C(O)C(O)C4O)cc3o2)ccc1O. The maximum atomic E-state index is 13.3. The number of rotatable bonds is 6. The molecule has 42 heavy (non-hydrogen) atoms. The van der Waals surface area contributed by atoms with Crippen LogP contribution in [0.3, 0.4) is 0 Å². The lowest BCUT2D eigenvalue weighted by Gasteiger charge is -2.40. The van der Waals surface area contributed by atoms with Crippen LogP contribution in [0.5, 0.6) is 23.0 Å². The molecule has 2 fully saturated rings. The summed E-state index contributed by atoms with van der Waals surface area (Å²) in [6, 6.07) is 6.60. The van der Waals surface area contributed by atoms with Gasteiger partial charge in [0, 0.05) is 24.1 Å². The standard InChI is InChI=1S/C28H32O14/c1-10-23(33)14(32)7-17(39-10)22-19(41-28-27(37)26(36)24(34)20(9-29)42-28)8-18-21(25(22)35)13(31)6-15(40-18)11-3-4-12(30)16(5-11)38-2/h3-6,8,10,14,17,20,23-24,26-30,32-37H,7,9H2,1-2H3. The Morgan fingerprint density at radius 3 is 2.33 bits per heavy atom. The van der Waals surface area contributed by atoms with Crippen LogP contribution in [0, 0.1) is 0 Å². The van der Waals surface area contributed by atoms with E-state index in [-0.39, 0.29) is 46.0 Å². The molecule has 3 aromatic rings. The summed E-state index contributed by atoms with van der Waals surface area (Å²) in [5.41, 5.74) is -0.621. The lowest BCUT2D eigenvalue weighted by molar-refractivity contribution is -0.277. The van der Waals surface area contributed by atoms with Crippen molar-refractivity contribution in [2.45, 2.75) is 68.5 Å². The average molecular weight is 593 g/mol. The lowest BCUT2D eigenvalue weighted by Crippen LogP contribution is -2.60. The van der Waals surface area contributed by atoms with E-state index in [0.717, 1.165) is 6.07 Å². The molecule has 14 nitrogen and oxygen atoms in total. The Morgan fingerprint density at radius 2 is 1.67 bits per heavy atom. The highest BCUT2D eigenvalue weighted by molar-refractivity contribution is 5.88. The van der Waals surface area contributed by atoms with Gasteiger partial charge in [0.05, 0.1) is 37.6 Å². The molecule has 2 saturated heterocycles. The van der Waals surface area contributed by atoms with Crippen LogP contribution in [0.4, 0.5) is 0 Å². The highest BCUT2D eigenvalue weighted by Gasteiger charge is 2.46. The Balaban J connectivity index is 1.66. The molecule has 2 aliphatic rings. The number of ether oxygens (including phenoxy) is 4. The Bertz CT molecular complexity index is 1490.